The number of sulfonamides is 1. The molecule has 2 rings (SSSR count). The first kappa shape index (κ1) is 12.5. The van der Waals surface area contributed by atoms with Gasteiger partial charge in [0.05, 0.1) is 4.90 Å². The molecule has 0 unspecified atom stereocenters. The lowest BCUT2D eigenvalue weighted by Gasteiger charge is -2.10. The van der Waals surface area contributed by atoms with Crippen LogP contribution in [0.25, 0.3) is 0 Å². The highest BCUT2D eigenvalue weighted by Crippen LogP contribution is 2.31. The smallest absolute Gasteiger partial charge is 0.239 e. The third kappa shape index (κ3) is 2.67. The van der Waals surface area contributed by atoms with Crippen molar-refractivity contribution >= 4 is 37.5 Å². The summed E-state index contributed by atoms with van der Waals surface area (Å²) in [5.41, 5.74) is 1.44. The Morgan fingerprint density at radius 3 is 2.65 bits per heavy atom. The maximum Gasteiger partial charge on any atom is 0.239 e. The first-order valence-electron chi connectivity index (χ1n) is 5.03. The Morgan fingerprint density at radius 2 is 2.00 bits per heavy atom. The third-order valence-electron chi connectivity index (χ3n) is 2.59. The molecule has 92 valence electrons. The Labute approximate surface area is 108 Å². The molecule has 1 heterocycles. The second-order valence-corrected chi connectivity index (χ2v) is 6.27. The first-order valence-corrected chi connectivity index (χ1v) is 7.37. The van der Waals surface area contributed by atoms with Crippen LogP contribution >= 0.6 is 15.9 Å². The van der Waals surface area contributed by atoms with E-state index in [1.807, 2.05) is 0 Å². The second-order valence-electron chi connectivity index (χ2n) is 3.89. The fourth-order valence-corrected chi connectivity index (χ4v) is 3.47. The van der Waals surface area contributed by atoms with Crippen LogP contribution in [0.1, 0.15) is 18.4 Å². The van der Waals surface area contributed by atoms with Crippen molar-refractivity contribution in [2.45, 2.75) is 24.2 Å². The normalized spacial score (nSPS) is 16.0. The molecule has 0 atom stereocenters. The minimum atomic E-state index is -3.79. The number of primary sulfonamides is 1. The van der Waals surface area contributed by atoms with Gasteiger partial charge in [-0.2, -0.15) is 0 Å². The third-order valence-corrected chi connectivity index (χ3v) is 4.46. The summed E-state index contributed by atoms with van der Waals surface area (Å²) < 4.78 is 23.1. The van der Waals surface area contributed by atoms with Crippen LogP contribution in [0.15, 0.2) is 21.5 Å². The van der Waals surface area contributed by atoms with Gasteiger partial charge in [0, 0.05) is 16.6 Å². The van der Waals surface area contributed by atoms with Gasteiger partial charge in [-0.15, -0.1) is 0 Å². The van der Waals surface area contributed by atoms with Crippen LogP contribution in [0.2, 0.25) is 0 Å². The minimum Gasteiger partial charge on any atom is -0.326 e. The largest absolute Gasteiger partial charge is 0.326 e. The summed E-state index contributed by atoms with van der Waals surface area (Å²) in [6.07, 6.45) is 1.93. The lowest BCUT2D eigenvalue weighted by atomic mass is 10.1. The van der Waals surface area contributed by atoms with Crippen molar-refractivity contribution in [1.29, 1.82) is 0 Å². The molecule has 1 aromatic rings. The lowest BCUT2D eigenvalue weighted by Crippen LogP contribution is -2.15. The second kappa shape index (κ2) is 4.40. The molecule has 0 saturated heterocycles. The summed E-state index contributed by atoms with van der Waals surface area (Å²) in [6, 6.07) is 3.10. The van der Waals surface area contributed by atoms with Gasteiger partial charge in [-0.3, -0.25) is 4.79 Å². The molecule has 1 aliphatic heterocycles. The molecule has 17 heavy (non-hydrogen) atoms. The van der Waals surface area contributed by atoms with Crippen LogP contribution in [0, 0.1) is 0 Å². The predicted molar refractivity (Wildman–Crippen MR) is 67.1 cm³/mol. The van der Waals surface area contributed by atoms with E-state index < -0.39 is 10.0 Å². The predicted octanol–water partition coefficient (Wildman–Crippen LogP) is 1.37. The number of anilines is 1. The molecule has 5 nitrogen and oxygen atoms in total. The van der Waals surface area contributed by atoms with Gasteiger partial charge in [-0.1, -0.05) is 0 Å². The molecule has 1 aliphatic rings. The minimum absolute atomic E-state index is 0.0153. The molecule has 0 aliphatic carbocycles. The topological polar surface area (TPSA) is 89.3 Å². The first-order chi connectivity index (χ1) is 7.88. The molecule has 0 fully saturated rings. The number of carbonyl (C=O) groups excluding carboxylic acids is 1. The zero-order valence-corrected chi connectivity index (χ0v) is 11.3. The molecule has 1 amide bonds. The number of benzene rings is 1. The summed E-state index contributed by atoms with van der Waals surface area (Å²) in [4.78, 5) is 11.4. The number of rotatable bonds is 1. The number of fused-ring (bicyclic) bond motifs is 1. The van der Waals surface area contributed by atoms with Crippen molar-refractivity contribution in [2.24, 2.45) is 5.14 Å². The maximum atomic E-state index is 11.4. The molecular formula is C10H11BrN2O3S. The molecule has 0 radical (unpaired) electrons. The van der Waals surface area contributed by atoms with Gasteiger partial charge in [0.15, 0.2) is 0 Å². The number of amides is 1. The Balaban J connectivity index is 2.58. The van der Waals surface area contributed by atoms with Crippen LogP contribution in [0.3, 0.4) is 0 Å². The van der Waals surface area contributed by atoms with E-state index in [-0.39, 0.29) is 10.8 Å². The van der Waals surface area contributed by atoms with E-state index in [9.17, 15) is 13.2 Å². The average Bonchev–Trinajstić information content (AvgIpc) is 2.36. The summed E-state index contributed by atoms with van der Waals surface area (Å²) in [5, 5.41) is 7.78. The average molecular weight is 319 g/mol. The number of nitrogens with two attached hydrogens (primary N) is 1. The monoisotopic (exact) mass is 318 g/mol. The van der Waals surface area contributed by atoms with Crippen LogP contribution in [0.4, 0.5) is 5.69 Å². The highest BCUT2D eigenvalue weighted by atomic mass is 79.9. The highest BCUT2D eigenvalue weighted by Gasteiger charge is 2.19. The zero-order valence-electron chi connectivity index (χ0n) is 8.86. The van der Waals surface area contributed by atoms with E-state index in [0.717, 1.165) is 18.4 Å². The summed E-state index contributed by atoms with van der Waals surface area (Å²) >= 11 is 3.18. The van der Waals surface area contributed by atoms with Crippen molar-refractivity contribution in [3.05, 3.63) is 22.2 Å². The van der Waals surface area contributed by atoms with Gasteiger partial charge >= 0.3 is 0 Å². The van der Waals surface area contributed by atoms with Gasteiger partial charge in [0.1, 0.15) is 0 Å². The molecule has 0 aromatic heterocycles. The fourth-order valence-electron chi connectivity index (χ4n) is 1.79. The van der Waals surface area contributed by atoms with Gasteiger partial charge in [0.25, 0.3) is 0 Å². The van der Waals surface area contributed by atoms with Crippen molar-refractivity contribution < 1.29 is 13.2 Å². The summed E-state index contributed by atoms with van der Waals surface area (Å²) in [5.74, 6) is -0.105. The molecule has 3 N–H and O–H groups in total. The number of hydrogen-bond acceptors (Lipinski definition) is 3. The Kier molecular flexibility index (Phi) is 3.24. The van der Waals surface area contributed by atoms with Crippen molar-refractivity contribution in [3.63, 3.8) is 0 Å². The maximum absolute atomic E-state index is 11.4. The van der Waals surface area contributed by atoms with Crippen molar-refractivity contribution in [2.75, 3.05) is 5.32 Å². The van der Waals surface area contributed by atoms with Gasteiger partial charge in [-0.25, -0.2) is 13.6 Å². The number of carbonyl (C=O) groups is 1. The Bertz CT molecular complexity index is 583. The standard InChI is InChI=1S/C10H11BrN2O3S/c11-7-4-6-2-1-3-10(14)13-8(6)5-9(7)17(12,15)16/h4-5H,1-3H2,(H,13,14)(H2,12,15,16). The van der Waals surface area contributed by atoms with Crippen LogP contribution < -0.4 is 10.5 Å². The van der Waals surface area contributed by atoms with E-state index in [4.69, 9.17) is 5.14 Å². The van der Waals surface area contributed by atoms with Crippen LogP contribution in [0.5, 0.6) is 0 Å². The molecule has 0 spiro atoms. The van der Waals surface area contributed by atoms with E-state index in [0.29, 0.717) is 16.6 Å². The fraction of sp³-hybridized carbons (Fsp3) is 0.300. The van der Waals surface area contributed by atoms with Gasteiger partial charge < -0.3 is 5.32 Å². The molecule has 0 bridgehead atoms. The van der Waals surface area contributed by atoms with Gasteiger partial charge in [-0.05, 0) is 46.5 Å². The van der Waals surface area contributed by atoms with Crippen LogP contribution in [-0.2, 0) is 21.2 Å². The molecule has 0 saturated carbocycles. The summed E-state index contributed by atoms with van der Waals surface area (Å²) in [6.45, 7) is 0. The molecular weight excluding hydrogens is 308 g/mol. The van der Waals surface area contributed by atoms with Crippen LogP contribution in [-0.4, -0.2) is 14.3 Å². The van der Waals surface area contributed by atoms with Crippen molar-refractivity contribution in [3.8, 4) is 0 Å². The highest BCUT2D eigenvalue weighted by molar-refractivity contribution is 9.10. The van der Waals surface area contributed by atoms with E-state index in [1.165, 1.54) is 6.07 Å². The van der Waals surface area contributed by atoms with E-state index in [1.54, 1.807) is 6.07 Å². The number of hydrogen-bond donors (Lipinski definition) is 2. The SMILES string of the molecule is NS(=O)(=O)c1cc2c(cc1Br)CCCC(=O)N2. The molecule has 1 aromatic carbocycles. The Hall–Kier alpha value is -0.920. The van der Waals surface area contributed by atoms with Crippen molar-refractivity contribution in [1.82, 2.24) is 0 Å². The summed E-state index contributed by atoms with van der Waals surface area (Å²) in [7, 11) is -3.79. The zero-order chi connectivity index (χ0) is 12.6. The van der Waals surface area contributed by atoms with E-state index in [2.05, 4.69) is 21.2 Å². The Morgan fingerprint density at radius 1 is 1.29 bits per heavy atom. The number of nitrogens with one attached hydrogen (secondary N) is 1. The van der Waals surface area contributed by atoms with Gasteiger partial charge in [0.2, 0.25) is 15.9 Å². The molecule has 7 heteroatoms. The van der Waals surface area contributed by atoms with E-state index >= 15 is 0 Å². The number of aryl methyl sites for hydroxylation is 1. The lowest BCUT2D eigenvalue weighted by molar-refractivity contribution is -0.116. The number of halogens is 1. The quantitative estimate of drug-likeness (QED) is 0.819.